The Balaban J connectivity index is 1.76. The topological polar surface area (TPSA) is 80.4 Å². The smallest absolute Gasteiger partial charge is 0.251 e. The highest BCUT2D eigenvalue weighted by atomic mass is 16.2. The second-order valence-electron chi connectivity index (χ2n) is 7.00. The van der Waals surface area contributed by atoms with Gasteiger partial charge in [0.2, 0.25) is 5.91 Å². The lowest BCUT2D eigenvalue weighted by molar-refractivity contribution is -0.128. The van der Waals surface area contributed by atoms with Gasteiger partial charge in [0.25, 0.3) is 5.91 Å². The summed E-state index contributed by atoms with van der Waals surface area (Å²) in [5.74, 6) is -0.186. The maximum atomic E-state index is 12.7. The molecule has 2 aromatic carbocycles. The lowest BCUT2D eigenvalue weighted by Crippen LogP contribution is -2.26. The van der Waals surface area contributed by atoms with Crippen LogP contribution in [-0.2, 0) is 31.5 Å². The number of benzene rings is 2. The fraction of sp³-hybridized carbons (Fsp3) is 0.273. The first-order valence-corrected chi connectivity index (χ1v) is 9.25. The highest BCUT2D eigenvalue weighted by molar-refractivity contribution is 5.94. The maximum Gasteiger partial charge on any atom is 0.251 e. The van der Waals surface area contributed by atoms with Crippen LogP contribution in [0.2, 0.25) is 0 Å². The van der Waals surface area contributed by atoms with Crippen molar-refractivity contribution in [3.05, 3.63) is 70.9 Å². The Kier molecular flexibility index (Phi) is 5.80. The largest absolute Gasteiger partial charge is 0.346 e. The summed E-state index contributed by atoms with van der Waals surface area (Å²) in [6.45, 7) is 2.74. The molecule has 0 bridgehead atoms. The van der Waals surface area contributed by atoms with Crippen LogP contribution in [0.1, 0.15) is 34.1 Å². The molecule has 0 aliphatic heterocycles. The van der Waals surface area contributed by atoms with Crippen LogP contribution in [0.5, 0.6) is 0 Å². The van der Waals surface area contributed by atoms with Crippen LogP contribution < -0.4 is 11.1 Å². The molecule has 0 saturated carbocycles. The van der Waals surface area contributed by atoms with Crippen molar-refractivity contribution in [1.29, 1.82) is 0 Å². The minimum Gasteiger partial charge on any atom is -0.346 e. The molecule has 0 radical (unpaired) electrons. The first kappa shape index (κ1) is 19.6. The first-order valence-electron chi connectivity index (χ1n) is 9.25. The van der Waals surface area contributed by atoms with Crippen molar-refractivity contribution in [2.24, 2.45) is 12.8 Å². The average Bonchev–Trinajstić information content (AvgIpc) is 3.02. The number of hydrogen-bond acceptors (Lipinski definition) is 3. The van der Waals surface area contributed by atoms with Gasteiger partial charge in [0.1, 0.15) is 0 Å². The Morgan fingerprint density at radius 1 is 1.11 bits per heavy atom. The van der Waals surface area contributed by atoms with Crippen LogP contribution in [0.4, 0.5) is 0 Å². The molecule has 0 aliphatic rings. The summed E-state index contributed by atoms with van der Waals surface area (Å²) in [6.07, 6.45) is 0. The molecule has 6 heteroatoms. The summed E-state index contributed by atoms with van der Waals surface area (Å²) in [4.78, 5) is 25.8. The zero-order valence-electron chi connectivity index (χ0n) is 16.5. The van der Waals surface area contributed by atoms with Crippen molar-refractivity contribution in [2.75, 3.05) is 7.05 Å². The summed E-state index contributed by atoms with van der Waals surface area (Å²) in [6, 6.07) is 15.7. The van der Waals surface area contributed by atoms with Gasteiger partial charge in [-0.2, -0.15) is 0 Å². The van der Waals surface area contributed by atoms with Gasteiger partial charge in [-0.25, -0.2) is 0 Å². The van der Waals surface area contributed by atoms with Crippen LogP contribution in [0.3, 0.4) is 0 Å². The van der Waals surface area contributed by atoms with E-state index in [2.05, 4.69) is 28.1 Å². The second-order valence-corrected chi connectivity index (χ2v) is 7.00. The summed E-state index contributed by atoms with van der Waals surface area (Å²) in [7, 11) is 3.73. The molecule has 3 N–H and O–H groups in total. The van der Waals surface area contributed by atoms with Crippen molar-refractivity contribution < 1.29 is 9.59 Å². The SMILES string of the molecule is CC(=O)N(C)Cc1cc(C(=O)NCc2cc3ccccc3n2C)ccc1CN. The Hall–Kier alpha value is -3.12. The number of aromatic nitrogens is 1. The third-order valence-corrected chi connectivity index (χ3v) is 5.11. The molecule has 2 amide bonds. The van der Waals surface area contributed by atoms with Crippen molar-refractivity contribution >= 4 is 22.7 Å². The predicted molar refractivity (Wildman–Crippen MR) is 111 cm³/mol. The van der Waals surface area contributed by atoms with Crippen molar-refractivity contribution in [1.82, 2.24) is 14.8 Å². The lowest BCUT2D eigenvalue weighted by Gasteiger charge is -2.18. The number of aryl methyl sites for hydroxylation is 1. The summed E-state index contributed by atoms with van der Waals surface area (Å²) in [5, 5.41) is 4.14. The van der Waals surface area contributed by atoms with Gasteiger partial charge in [-0.3, -0.25) is 9.59 Å². The van der Waals surface area contributed by atoms with E-state index in [-0.39, 0.29) is 11.8 Å². The molecule has 0 spiro atoms. The van der Waals surface area contributed by atoms with Crippen LogP contribution in [0.15, 0.2) is 48.5 Å². The van der Waals surface area contributed by atoms with E-state index in [4.69, 9.17) is 5.73 Å². The van der Waals surface area contributed by atoms with E-state index in [9.17, 15) is 9.59 Å². The van der Waals surface area contributed by atoms with E-state index in [1.807, 2.05) is 31.3 Å². The van der Waals surface area contributed by atoms with Crippen molar-refractivity contribution in [2.45, 2.75) is 26.6 Å². The minimum atomic E-state index is -0.152. The number of amides is 2. The standard InChI is InChI=1S/C22H26N4O2/c1-15(27)25(2)14-19-10-17(8-9-18(19)12-23)22(28)24-13-20-11-16-6-4-5-7-21(16)26(20)3/h4-11H,12-14,23H2,1-3H3,(H,24,28). The minimum absolute atomic E-state index is 0.0337. The Labute approximate surface area is 164 Å². The molecule has 0 fully saturated rings. The molecule has 0 aliphatic carbocycles. The van der Waals surface area contributed by atoms with E-state index in [1.165, 1.54) is 6.92 Å². The predicted octanol–water partition coefficient (Wildman–Crippen LogP) is 2.55. The molecule has 0 atom stereocenters. The van der Waals surface area contributed by atoms with Crippen molar-refractivity contribution in [3.63, 3.8) is 0 Å². The number of nitrogens with one attached hydrogen (secondary N) is 1. The molecule has 1 aromatic heterocycles. The normalized spacial score (nSPS) is 10.9. The van der Waals surface area contributed by atoms with Gasteiger partial charge in [0, 0.05) is 50.9 Å². The third kappa shape index (κ3) is 4.07. The number of nitrogens with two attached hydrogens (primary N) is 1. The van der Waals surface area contributed by atoms with Gasteiger partial charge in [-0.05, 0) is 40.8 Å². The van der Waals surface area contributed by atoms with Gasteiger partial charge in [0.15, 0.2) is 0 Å². The highest BCUT2D eigenvalue weighted by Crippen LogP contribution is 2.19. The number of rotatable bonds is 6. The molecule has 28 heavy (non-hydrogen) atoms. The Morgan fingerprint density at radius 2 is 1.86 bits per heavy atom. The van der Waals surface area contributed by atoms with Crippen LogP contribution in [0, 0.1) is 0 Å². The van der Waals surface area contributed by atoms with Crippen LogP contribution in [-0.4, -0.2) is 28.3 Å². The number of nitrogens with zero attached hydrogens (tertiary/aromatic N) is 2. The quantitative estimate of drug-likeness (QED) is 0.692. The molecule has 1 heterocycles. The molecule has 3 aromatic rings. The zero-order valence-corrected chi connectivity index (χ0v) is 16.5. The fourth-order valence-corrected chi connectivity index (χ4v) is 3.27. The molecule has 146 valence electrons. The average molecular weight is 378 g/mol. The molecule has 0 saturated heterocycles. The number of hydrogen-bond donors (Lipinski definition) is 2. The van der Waals surface area contributed by atoms with E-state index in [0.29, 0.717) is 25.2 Å². The number of para-hydroxylation sites is 1. The summed E-state index contributed by atoms with van der Waals surface area (Å²) >= 11 is 0. The summed E-state index contributed by atoms with van der Waals surface area (Å²) < 4.78 is 2.08. The maximum absolute atomic E-state index is 12.7. The number of carbonyl (C=O) groups is 2. The number of fused-ring (bicyclic) bond motifs is 1. The third-order valence-electron chi connectivity index (χ3n) is 5.11. The van der Waals surface area contributed by atoms with Gasteiger partial charge in [0.05, 0.1) is 6.54 Å². The van der Waals surface area contributed by atoms with E-state index >= 15 is 0 Å². The van der Waals surface area contributed by atoms with Crippen LogP contribution >= 0.6 is 0 Å². The molecular formula is C22H26N4O2. The second kappa shape index (κ2) is 8.27. The molecule has 3 rings (SSSR count). The monoisotopic (exact) mass is 378 g/mol. The first-order chi connectivity index (χ1) is 13.4. The van der Waals surface area contributed by atoms with Gasteiger partial charge in [-0.1, -0.05) is 24.3 Å². The molecule has 6 nitrogen and oxygen atoms in total. The molecule has 0 unspecified atom stereocenters. The highest BCUT2D eigenvalue weighted by Gasteiger charge is 2.13. The van der Waals surface area contributed by atoms with E-state index < -0.39 is 0 Å². The van der Waals surface area contributed by atoms with E-state index in [0.717, 1.165) is 27.7 Å². The Morgan fingerprint density at radius 3 is 2.54 bits per heavy atom. The van der Waals surface area contributed by atoms with E-state index in [1.54, 1.807) is 18.0 Å². The lowest BCUT2D eigenvalue weighted by atomic mass is 10.0. The zero-order chi connectivity index (χ0) is 20.3. The van der Waals surface area contributed by atoms with Crippen LogP contribution in [0.25, 0.3) is 10.9 Å². The Bertz CT molecular complexity index is 1020. The number of carbonyl (C=O) groups excluding carboxylic acids is 2. The fourth-order valence-electron chi connectivity index (χ4n) is 3.27. The molecular weight excluding hydrogens is 352 g/mol. The van der Waals surface area contributed by atoms with Gasteiger partial charge in [-0.15, -0.1) is 0 Å². The van der Waals surface area contributed by atoms with Gasteiger partial charge >= 0.3 is 0 Å². The summed E-state index contributed by atoms with van der Waals surface area (Å²) in [5.41, 5.74) is 10.3. The van der Waals surface area contributed by atoms with Gasteiger partial charge < -0.3 is 20.5 Å². The van der Waals surface area contributed by atoms with Crippen molar-refractivity contribution in [3.8, 4) is 0 Å².